The molecule has 4 heteroatoms. The molecule has 1 heterocycles. The maximum atomic E-state index is 8.95. The third-order valence-corrected chi connectivity index (χ3v) is 4.55. The average Bonchev–Trinajstić information content (AvgIpc) is 2.95. The molecule has 3 rings (SSSR count). The van der Waals surface area contributed by atoms with E-state index in [9.17, 15) is 0 Å². The van der Waals surface area contributed by atoms with Crippen LogP contribution in [0.3, 0.4) is 0 Å². The molecule has 1 aliphatic carbocycles. The third kappa shape index (κ3) is 2.98. The van der Waals surface area contributed by atoms with Crippen LogP contribution in [0.4, 0.5) is 0 Å². The van der Waals surface area contributed by atoms with E-state index in [0.29, 0.717) is 11.3 Å². The van der Waals surface area contributed by atoms with Crippen LogP contribution in [0.1, 0.15) is 44.1 Å². The molecule has 1 aromatic rings. The minimum Gasteiger partial charge on any atom is -0.493 e. The average molecular weight is 287 g/mol. The van der Waals surface area contributed by atoms with Gasteiger partial charge in [0.25, 0.3) is 0 Å². The molecule has 2 fully saturated rings. The van der Waals surface area contributed by atoms with Crippen LogP contribution in [-0.2, 0) is 4.74 Å². The van der Waals surface area contributed by atoms with Crippen molar-refractivity contribution in [2.45, 2.75) is 50.2 Å². The molecule has 1 saturated heterocycles. The zero-order valence-corrected chi connectivity index (χ0v) is 12.4. The van der Waals surface area contributed by atoms with E-state index >= 15 is 0 Å². The molecule has 0 N–H and O–H groups in total. The fourth-order valence-corrected chi connectivity index (χ4v) is 3.47. The molecular formula is C17H21NO3. The van der Waals surface area contributed by atoms with E-state index in [2.05, 4.69) is 6.07 Å². The summed E-state index contributed by atoms with van der Waals surface area (Å²) in [6.45, 7) is 0.767. The van der Waals surface area contributed by atoms with Crippen molar-refractivity contribution in [3.8, 4) is 17.6 Å². The van der Waals surface area contributed by atoms with Gasteiger partial charge in [-0.25, -0.2) is 0 Å². The number of nitriles is 1. The van der Waals surface area contributed by atoms with Gasteiger partial charge in [-0.2, -0.15) is 5.26 Å². The molecule has 21 heavy (non-hydrogen) atoms. The lowest BCUT2D eigenvalue weighted by molar-refractivity contribution is -0.108. The first-order chi connectivity index (χ1) is 10.2. The van der Waals surface area contributed by atoms with E-state index in [0.717, 1.165) is 38.0 Å². The molecular weight excluding hydrogens is 266 g/mol. The first kappa shape index (κ1) is 14.2. The number of nitrogens with zero attached hydrogens (tertiary/aromatic N) is 1. The molecule has 112 valence electrons. The van der Waals surface area contributed by atoms with Crippen LogP contribution in [0.5, 0.6) is 11.5 Å². The fraction of sp³-hybridized carbons (Fsp3) is 0.588. The van der Waals surface area contributed by atoms with Crippen molar-refractivity contribution in [1.82, 2.24) is 0 Å². The van der Waals surface area contributed by atoms with Crippen LogP contribution in [0.2, 0.25) is 0 Å². The van der Waals surface area contributed by atoms with Crippen LogP contribution in [0.25, 0.3) is 0 Å². The van der Waals surface area contributed by atoms with Gasteiger partial charge in [-0.1, -0.05) is 12.8 Å². The van der Waals surface area contributed by atoms with Crippen LogP contribution < -0.4 is 9.47 Å². The highest BCUT2D eigenvalue weighted by atomic mass is 16.5. The van der Waals surface area contributed by atoms with E-state index < -0.39 is 0 Å². The second-order valence-corrected chi connectivity index (χ2v) is 5.95. The first-order valence-corrected chi connectivity index (χ1v) is 7.63. The van der Waals surface area contributed by atoms with Crippen molar-refractivity contribution >= 4 is 0 Å². The Labute approximate surface area is 125 Å². The predicted octanol–water partition coefficient (Wildman–Crippen LogP) is 3.44. The Hall–Kier alpha value is -1.73. The second kappa shape index (κ2) is 5.95. The first-order valence-electron chi connectivity index (χ1n) is 7.63. The Morgan fingerprint density at radius 2 is 2.10 bits per heavy atom. The Kier molecular flexibility index (Phi) is 4.03. The van der Waals surface area contributed by atoms with Crippen molar-refractivity contribution in [1.29, 1.82) is 5.26 Å². The van der Waals surface area contributed by atoms with Gasteiger partial charge in [0.05, 0.1) is 31.0 Å². The molecule has 1 spiro atoms. The summed E-state index contributed by atoms with van der Waals surface area (Å²) in [5, 5.41) is 8.95. The Bertz CT molecular complexity index is 543. The Morgan fingerprint density at radius 3 is 2.81 bits per heavy atom. The zero-order chi connectivity index (χ0) is 14.7. The summed E-state index contributed by atoms with van der Waals surface area (Å²) in [5.74, 6) is 1.34. The molecule has 1 atom stereocenters. The van der Waals surface area contributed by atoms with Gasteiger partial charge in [0, 0.05) is 18.9 Å². The molecule has 1 unspecified atom stereocenters. The van der Waals surface area contributed by atoms with Gasteiger partial charge in [0.15, 0.2) is 11.5 Å². The maximum Gasteiger partial charge on any atom is 0.162 e. The standard InChI is InChI=1S/C17H21NO3/c1-19-16-10-13(12-18)4-5-15(16)21-14-6-9-20-17(11-14)7-2-3-8-17/h4-5,10,14H,2-3,6-9,11H2,1H3. The SMILES string of the molecule is COc1cc(C#N)ccc1OC1CCOC2(CCCC2)C1. The van der Waals surface area contributed by atoms with E-state index in [-0.39, 0.29) is 11.7 Å². The van der Waals surface area contributed by atoms with Gasteiger partial charge in [-0.05, 0) is 25.0 Å². The summed E-state index contributed by atoms with van der Waals surface area (Å²) in [7, 11) is 1.60. The van der Waals surface area contributed by atoms with Crippen molar-refractivity contribution in [2.24, 2.45) is 0 Å². The number of rotatable bonds is 3. The molecule has 1 aliphatic heterocycles. The van der Waals surface area contributed by atoms with Crippen LogP contribution in [0.15, 0.2) is 18.2 Å². The number of methoxy groups -OCH3 is 1. The van der Waals surface area contributed by atoms with Crippen molar-refractivity contribution in [3.05, 3.63) is 23.8 Å². The molecule has 1 saturated carbocycles. The molecule has 0 aromatic heterocycles. The normalized spacial score (nSPS) is 23.7. The largest absolute Gasteiger partial charge is 0.493 e. The van der Waals surface area contributed by atoms with Gasteiger partial charge < -0.3 is 14.2 Å². The zero-order valence-electron chi connectivity index (χ0n) is 12.4. The molecule has 4 nitrogen and oxygen atoms in total. The summed E-state index contributed by atoms with van der Waals surface area (Å²) in [5.41, 5.74) is 0.626. The minimum absolute atomic E-state index is 0.0444. The van der Waals surface area contributed by atoms with Crippen LogP contribution in [0, 0.1) is 11.3 Å². The predicted molar refractivity (Wildman–Crippen MR) is 78.5 cm³/mol. The number of ether oxygens (including phenoxy) is 3. The van der Waals surface area contributed by atoms with Crippen LogP contribution in [-0.4, -0.2) is 25.4 Å². The molecule has 0 bridgehead atoms. The Morgan fingerprint density at radius 1 is 1.29 bits per heavy atom. The lowest BCUT2D eigenvalue weighted by Crippen LogP contribution is -2.41. The quantitative estimate of drug-likeness (QED) is 0.854. The number of hydrogen-bond donors (Lipinski definition) is 0. The second-order valence-electron chi connectivity index (χ2n) is 5.95. The third-order valence-electron chi connectivity index (χ3n) is 4.55. The topological polar surface area (TPSA) is 51.5 Å². The van der Waals surface area contributed by atoms with Crippen molar-refractivity contribution in [2.75, 3.05) is 13.7 Å². The number of hydrogen-bond acceptors (Lipinski definition) is 4. The highest BCUT2D eigenvalue weighted by Gasteiger charge is 2.40. The molecule has 2 aliphatic rings. The molecule has 0 amide bonds. The maximum absolute atomic E-state index is 8.95. The van der Waals surface area contributed by atoms with Gasteiger partial charge in [-0.15, -0.1) is 0 Å². The van der Waals surface area contributed by atoms with Gasteiger partial charge in [0.1, 0.15) is 6.10 Å². The monoisotopic (exact) mass is 287 g/mol. The lowest BCUT2D eigenvalue weighted by atomic mass is 9.90. The summed E-state index contributed by atoms with van der Waals surface area (Å²) < 4.78 is 17.5. The minimum atomic E-state index is 0.0444. The van der Waals surface area contributed by atoms with Crippen molar-refractivity contribution in [3.63, 3.8) is 0 Å². The molecule has 1 aromatic carbocycles. The fourth-order valence-electron chi connectivity index (χ4n) is 3.47. The van der Waals surface area contributed by atoms with Crippen molar-refractivity contribution < 1.29 is 14.2 Å². The van der Waals surface area contributed by atoms with Gasteiger partial charge in [-0.3, -0.25) is 0 Å². The van der Waals surface area contributed by atoms with E-state index in [1.54, 1.807) is 19.2 Å². The summed E-state index contributed by atoms with van der Waals surface area (Å²) in [6.07, 6.45) is 6.84. The Balaban J connectivity index is 1.73. The van der Waals surface area contributed by atoms with Gasteiger partial charge in [0.2, 0.25) is 0 Å². The highest BCUT2D eigenvalue weighted by Crippen LogP contribution is 2.41. The lowest BCUT2D eigenvalue weighted by Gasteiger charge is -2.38. The summed E-state index contributed by atoms with van der Waals surface area (Å²) in [4.78, 5) is 0. The highest BCUT2D eigenvalue weighted by molar-refractivity contribution is 5.46. The van der Waals surface area contributed by atoms with E-state index in [4.69, 9.17) is 19.5 Å². The van der Waals surface area contributed by atoms with E-state index in [1.807, 2.05) is 6.07 Å². The molecule has 0 radical (unpaired) electrons. The number of benzene rings is 1. The summed E-state index contributed by atoms with van der Waals surface area (Å²) >= 11 is 0. The van der Waals surface area contributed by atoms with E-state index in [1.165, 1.54) is 12.8 Å². The summed E-state index contributed by atoms with van der Waals surface area (Å²) in [6, 6.07) is 7.43. The van der Waals surface area contributed by atoms with Crippen LogP contribution >= 0.6 is 0 Å². The smallest absolute Gasteiger partial charge is 0.162 e. The van der Waals surface area contributed by atoms with Gasteiger partial charge >= 0.3 is 0 Å².